The van der Waals surface area contributed by atoms with Crippen LogP contribution in [0.1, 0.15) is 50.2 Å². The maximum atomic E-state index is 13.3. The molecular weight excluding hydrogens is 447 g/mol. The third-order valence-electron chi connectivity index (χ3n) is 5.83. The number of amides is 2. The van der Waals surface area contributed by atoms with E-state index in [1.165, 1.54) is 4.90 Å². The normalized spacial score (nSPS) is 14.8. The molecule has 7 heteroatoms. The van der Waals surface area contributed by atoms with Crippen LogP contribution < -0.4 is 10.1 Å². The predicted octanol–water partition coefficient (Wildman–Crippen LogP) is 5.55. The van der Waals surface area contributed by atoms with E-state index >= 15 is 0 Å². The van der Waals surface area contributed by atoms with Crippen LogP contribution in [0, 0.1) is 6.92 Å². The lowest BCUT2D eigenvalue weighted by Gasteiger charge is -2.32. The molecule has 32 heavy (non-hydrogen) atoms. The first kappa shape index (κ1) is 24.4. The lowest BCUT2D eigenvalue weighted by Crippen LogP contribution is -2.52. The number of halogens is 2. The summed E-state index contributed by atoms with van der Waals surface area (Å²) in [6.07, 6.45) is 4.65. The van der Waals surface area contributed by atoms with Crippen molar-refractivity contribution >= 4 is 35.0 Å². The molecule has 0 saturated heterocycles. The van der Waals surface area contributed by atoms with Crippen LogP contribution in [0.3, 0.4) is 0 Å². The molecule has 0 radical (unpaired) electrons. The van der Waals surface area contributed by atoms with Gasteiger partial charge in [-0.2, -0.15) is 0 Å². The van der Waals surface area contributed by atoms with Gasteiger partial charge in [-0.25, -0.2) is 0 Å². The Morgan fingerprint density at radius 3 is 2.41 bits per heavy atom. The predicted molar refractivity (Wildman–Crippen MR) is 128 cm³/mol. The first-order valence-corrected chi connectivity index (χ1v) is 11.9. The lowest BCUT2D eigenvalue weighted by molar-refractivity contribution is -0.143. The van der Waals surface area contributed by atoms with Crippen LogP contribution in [0.15, 0.2) is 42.5 Å². The molecule has 0 bridgehead atoms. The van der Waals surface area contributed by atoms with E-state index in [2.05, 4.69) is 5.32 Å². The average Bonchev–Trinajstić information content (AvgIpc) is 3.27. The molecule has 1 atom stereocenters. The van der Waals surface area contributed by atoms with Gasteiger partial charge >= 0.3 is 0 Å². The Morgan fingerprint density at radius 1 is 1.12 bits per heavy atom. The summed E-state index contributed by atoms with van der Waals surface area (Å²) in [6, 6.07) is 12.2. The molecule has 1 fully saturated rings. The Morgan fingerprint density at radius 2 is 1.78 bits per heavy atom. The van der Waals surface area contributed by atoms with Crippen molar-refractivity contribution in [2.45, 2.75) is 64.6 Å². The second-order valence-corrected chi connectivity index (χ2v) is 9.06. The highest BCUT2D eigenvalue weighted by Crippen LogP contribution is 2.27. The number of carbonyl (C=O) groups is 2. The van der Waals surface area contributed by atoms with Crippen molar-refractivity contribution in [2.75, 3.05) is 6.61 Å². The number of ether oxygens (including phenoxy) is 1. The zero-order chi connectivity index (χ0) is 23.1. The van der Waals surface area contributed by atoms with Crippen LogP contribution in [0.2, 0.25) is 10.0 Å². The van der Waals surface area contributed by atoms with Crippen molar-refractivity contribution in [1.82, 2.24) is 10.2 Å². The maximum absolute atomic E-state index is 13.3. The third kappa shape index (κ3) is 6.39. The van der Waals surface area contributed by atoms with Crippen LogP contribution in [0.4, 0.5) is 0 Å². The number of hydrogen-bond donors (Lipinski definition) is 1. The largest absolute Gasteiger partial charge is 0.484 e. The topological polar surface area (TPSA) is 58.6 Å². The Bertz CT molecular complexity index is 924. The number of carbonyl (C=O) groups excluding carboxylic acids is 2. The Kier molecular flexibility index (Phi) is 8.83. The van der Waals surface area contributed by atoms with E-state index in [0.717, 1.165) is 31.2 Å². The Labute approximate surface area is 200 Å². The number of benzene rings is 2. The van der Waals surface area contributed by atoms with Gasteiger partial charge in [0.2, 0.25) is 5.91 Å². The molecular formula is C25H30Cl2N2O3. The lowest BCUT2D eigenvalue weighted by atomic mass is 10.1. The summed E-state index contributed by atoms with van der Waals surface area (Å²) in [7, 11) is 0. The van der Waals surface area contributed by atoms with Gasteiger partial charge in [0.05, 0.1) is 0 Å². The van der Waals surface area contributed by atoms with E-state index < -0.39 is 6.04 Å². The monoisotopic (exact) mass is 476 g/mol. The smallest absolute Gasteiger partial charge is 0.261 e. The van der Waals surface area contributed by atoms with Crippen LogP contribution in [-0.4, -0.2) is 35.4 Å². The van der Waals surface area contributed by atoms with Gasteiger partial charge in [-0.1, -0.05) is 61.2 Å². The molecule has 5 nitrogen and oxygen atoms in total. The van der Waals surface area contributed by atoms with E-state index in [1.54, 1.807) is 24.3 Å². The quantitative estimate of drug-likeness (QED) is 0.516. The third-order valence-corrected chi connectivity index (χ3v) is 6.54. The van der Waals surface area contributed by atoms with Crippen LogP contribution in [-0.2, 0) is 16.1 Å². The molecule has 0 aliphatic heterocycles. The molecule has 2 aromatic rings. The molecule has 0 unspecified atom stereocenters. The van der Waals surface area contributed by atoms with Gasteiger partial charge in [0.1, 0.15) is 11.8 Å². The maximum Gasteiger partial charge on any atom is 0.261 e. The molecule has 2 aromatic carbocycles. The average molecular weight is 477 g/mol. The van der Waals surface area contributed by atoms with Crippen molar-refractivity contribution in [1.29, 1.82) is 0 Å². The number of nitrogens with zero attached hydrogens (tertiary/aromatic N) is 1. The standard InChI is InChI=1S/C25H30Cl2N2O3/c1-3-23(25(31)28-18-9-4-5-10-18)29(15-20-21(26)12-7-13-22(20)27)24(30)16-32-19-11-6-8-17(2)14-19/h6-8,11-14,18,23H,3-5,9-10,15-16H2,1-2H3,(H,28,31)/t23-/m0/s1. The van der Waals surface area contributed by atoms with Gasteiger partial charge in [0.15, 0.2) is 6.61 Å². The molecule has 1 aliphatic rings. The molecule has 172 valence electrons. The second kappa shape index (κ2) is 11.6. The SMILES string of the molecule is CC[C@@H](C(=O)NC1CCCC1)N(Cc1c(Cl)cccc1Cl)C(=O)COc1cccc(C)c1. The fraction of sp³-hybridized carbons (Fsp3) is 0.440. The van der Waals surface area contributed by atoms with Crippen molar-refractivity contribution in [3.05, 3.63) is 63.6 Å². The number of aryl methyl sites for hydroxylation is 1. The van der Waals surface area contributed by atoms with Crippen molar-refractivity contribution < 1.29 is 14.3 Å². The molecule has 2 amide bonds. The molecule has 0 spiro atoms. The molecule has 1 saturated carbocycles. The zero-order valence-electron chi connectivity index (χ0n) is 18.6. The fourth-order valence-corrected chi connectivity index (χ4v) is 4.59. The molecule has 1 aliphatic carbocycles. The summed E-state index contributed by atoms with van der Waals surface area (Å²) in [6.45, 7) is 3.81. The highest BCUT2D eigenvalue weighted by Gasteiger charge is 2.31. The fourth-order valence-electron chi connectivity index (χ4n) is 4.07. The van der Waals surface area contributed by atoms with Gasteiger partial charge in [-0.05, 0) is 56.0 Å². The molecule has 0 aromatic heterocycles. The zero-order valence-corrected chi connectivity index (χ0v) is 20.1. The summed E-state index contributed by atoms with van der Waals surface area (Å²) >= 11 is 12.8. The van der Waals surface area contributed by atoms with Crippen molar-refractivity contribution in [3.63, 3.8) is 0 Å². The number of hydrogen-bond acceptors (Lipinski definition) is 3. The number of rotatable bonds is 9. The number of nitrogens with one attached hydrogen (secondary N) is 1. The molecule has 0 heterocycles. The van der Waals surface area contributed by atoms with Crippen LogP contribution >= 0.6 is 23.2 Å². The van der Waals surface area contributed by atoms with Crippen LogP contribution in [0.25, 0.3) is 0 Å². The summed E-state index contributed by atoms with van der Waals surface area (Å²) < 4.78 is 5.75. The summed E-state index contributed by atoms with van der Waals surface area (Å²) in [5, 5.41) is 4.04. The summed E-state index contributed by atoms with van der Waals surface area (Å²) in [5.41, 5.74) is 1.66. The minimum Gasteiger partial charge on any atom is -0.484 e. The van der Waals surface area contributed by atoms with Gasteiger partial charge in [-0.3, -0.25) is 9.59 Å². The second-order valence-electron chi connectivity index (χ2n) is 8.24. The van der Waals surface area contributed by atoms with Gasteiger partial charge in [0, 0.05) is 28.2 Å². The first-order chi connectivity index (χ1) is 15.4. The molecule has 1 N–H and O–H groups in total. The van der Waals surface area contributed by atoms with Gasteiger partial charge in [0.25, 0.3) is 5.91 Å². The minimum atomic E-state index is -0.642. The van der Waals surface area contributed by atoms with Crippen LogP contribution in [0.5, 0.6) is 5.75 Å². The summed E-state index contributed by atoms with van der Waals surface area (Å²) in [5.74, 6) is 0.167. The van der Waals surface area contributed by atoms with Gasteiger partial charge in [-0.15, -0.1) is 0 Å². The van der Waals surface area contributed by atoms with Crippen molar-refractivity contribution in [2.24, 2.45) is 0 Å². The van der Waals surface area contributed by atoms with E-state index in [9.17, 15) is 9.59 Å². The van der Waals surface area contributed by atoms with E-state index in [4.69, 9.17) is 27.9 Å². The minimum absolute atomic E-state index is 0.130. The highest BCUT2D eigenvalue weighted by atomic mass is 35.5. The van der Waals surface area contributed by atoms with E-state index in [-0.39, 0.29) is 31.0 Å². The Balaban J connectivity index is 1.81. The summed E-state index contributed by atoms with van der Waals surface area (Å²) in [4.78, 5) is 28.0. The van der Waals surface area contributed by atoms with Gasteiger partial charge < -0.3 is 15.0 Å². The van der Waals surface area contributed by atoms with E-state index in [0.29, 0.717) is 27.8 Å². The first-order valence-electron chi connectivity index (χ1n) is 11.1. The Hall–Kier alpha value is -2.24. The highest BCUT2D eigenvalue weighted by molar-refractivity contribution is 6.36. The van der Waals surface area contributed by atoms with Crippen molar-refractivity contribution in [3.8, 4) is 5.75 Å². The van der Waals surface area contributed by atoms with E-state index in [1.807, 2.05) is 32.0 Å². The molecule has 3 rings (SSSR count).